The van der Waals surface area contributed by atoms with Crippen molar-refractivity contribution in [3.8, 4) is 23.0 Å². The fourth-order valence-corrected chi connectivity index (χ4v) is 4.67. The molecule has 3 aromatic rings. The molecule has 0 bridgehead atoms. The van der Waals surface area contributed by atoms with Crippen molar-refractivity contribution in [3.05, 3.63) is 72.3 Å². The number of anilines is 2. The van der Waals surface area contributed by atoms with Gasteiger partial charge in [0.05, 0.1) is 39.9 Å². The summed E-state index contributed by atoms with van der Waals surface area (Å²) >= 11 is 0. The molecular weight excluding hydrogens is 472 g/mol. The van der Waals surface area contributed by atoms with Crippen LogP contribution in [-0.4, -0.2) is 39.8 Å². The molecule has 0 aliphatic carbocycles. The number of amides is 2. The van der Waals surface area contributed by atoms with Crippen molar-refractivity contribution in [2.24, 2.45) is 5.92 Å². The number of hydrogen-bond donors (Lipinski definition) is 1. The number of nitrogens with zero attached hydrogens (tertiary/aromatic N) is 1. The Morgan fingerprint density at radius 2 is 1.57 bits per heavy atom. The molecule has 1 saturated heterocycles. The lowest BCUT2D eigenvalue weighted by molar-refractivity contribution is -0.125. The normalized spacial score (nSPS) is 17.2. The second-order valence-electron chi connectivity index (χ2n) is 8.61. The van der Waals surface area contributed by atoms with Crippen LogP contribution in [-0.2, 0) is 9.59 Å². The molecule has 3 aromatic carbocycles. The van der Waals surface area contributed by atoms with E-state index in [0.717, 1.165) is 11.3 Å². The van der Waals surface area contributed by atoms with E-state index in [0.29, 0.717) is 41.7 Å². The number of nitrogens with one attached hydrogen (secondary N) is 1. The highest BCUT2D eigenvalue weighted by Gasteiger charge is 2.42. The van der Waals surface area contributed by atoms with Gasteiger partial charge in [-0.2, -0.15) is 0 Å². The maximum Gasteiger partial charge on any atom is 0.229 e. The number of rotatable bonds is 9. The number of benzene rings is 3. The van der Waals surface area contributed by atoms with Gasteiger partial charge in [-0.05, 0) is 79.6 Å². The van der Waals surface area contributed by atoms with Crippen LogP contribution in [0.5, 0.6) is 23.0 Å². The Balaban J connectivity index is 1.73. The van der Waals surface area contributed by atoms with Crippen LogP contribution in [0.1, 0.15) is 31.4 Å². The van der Waals surface area contributed by atoms with E-state index in [1.54, 1.807) is 44.4 Å². The molecule has 2 atom stereocenters. The summed E-state index contributed by atoms with van der Waals surface area (Å²) in [4.78, 5) is 28.7. The van der Waals surface area contributed by atoms with E-state index in [-0.39, 0.29) is 18.2 Å². The van der Waals surface area contributed by atoms with E-state index >= 15 is 0 Å². The molecule has 0 aromatic heterocycles. The van der Waals surface area contributed by atoms with Gasteiger partial charge >= 0.3 is 0 Å². The molecule has 1 heterocycles. The third kappa shape index (κ3) is 5.63. The summed E-state index contributed by atoms with van der Waals surface area (Å²) in [5.74, 6) is 1.77. The zero-order chi connectivity index (χ0) is 26.4. The van der Waals surface area contributed by atoms with Gasteiger partial charge in [-0.1, -0.05) is 6.07 Å². The minimum Gasteiger partial charge on any atom is -0.497 e. The molecule has 1 N–H and O–H groups in total. The number of hydrogen-bond acceptors (Lipinski definition) is 6. The summed E-state index contributed by atoms with van der Waals surface area (Å²) in [6.45, 7) is 2.49. The average Bonchev–Trinajstić information content (AvgIpc) is 2.93. The molecule has 4 rings (SSSR count). The molecule has 2 amide bonds. The maximum atomic E-state index is 13.7. The molecular formula is C29H32N2O6. The van der Waals surface area contributed by atoms with E-state index in [1.165, 1.54) is 0 Å². The lowest BCUT2D eigenvalue weighted by Crippen LogP contribution is -2.47. The van der Waals surface area contributed by atoms with Crippen molar-refractivity contribution in [2.45, 2.75) is 25.8 Å². The van der Waals surface area contributed by atoms with Crippen molar-refractivity contribution >= 4 is 23.2 Å². The number of carbonyl (C=O) groups excluding carboxylic acids is 2. The van der Waals surface area contributed by atoms with E-state index in [1.807, 2.05) is 55.5 Å². The van der Waals surface area contributed by atoms with E-state index in [2.05, 4.69) is 5.32 Å². The lowest BCUT2D eigenvalue weighted by atomic mass is 9.83. The first-order valence-corrected chi connectivity index (χ1v) is 12.2. The number of ether oxygens (including phenoxy) is 4. The van der Waals surface area contributed by atoms with Crippen LogP contribution >= 0.6 is 0 Å². The largest absolute Gasteiger partial charge is 0.497 e. The summed E-state index contributed by atoms with van der Waals surface area (Å²) in [6, 6.07) is 19.5. The first-order valence-electron chi connectivity index (χ1n) is 12.2. The van der Waals surface area contributed by atoms with Crippen LogP contribution in [0, 0.1) is 5.92 Å². The van der Waals surface area contributed by atoms with Crippen molar-refractivity contribution in [3.63, 3.8) is 0 Å². The Morgan fingerprint density at radius 1 is 0.892 bits per heavy atom. The van der Waals surface area contributed by atoms with Crippen molar-refractivity contribution in [1.82, 2.24) is 0 Å². The van der Waals surface area contributed by atoms with Gasteiger partial charge in [-0.3, -0.25) is 9.59 Å². The van der Waals surface area contributed by atoms with Crippen molar-refractivity contribution in [2.75, 3.05) is 38.2 Å². The van der Waals surface area contributed by atoms with Gasteiger partial charge in [0, 0.05) is 17.8 Å². The quantitative estimate of drug-likeness (QED) is 0.429. The Labute approximate surface area is 217 Å². The third-order valence-corrected chi connectivity index (χ3v) is 6.47. The monoisotopic (exact) mass is 504 g/mol. The minimum absolute atomic E-state index is 0.0601. The summed E-state index contributed by atoms with van der Waals surface area (Å²) in [6.07, 6.45) is 0.657. The predicted molar refractivity (Wildman–Crippen MR) is 142 cm³/mol. The zero-order valence-corrected chi connectivity index (χ0v) is 21.5. The van der Waals surface area contributed by atoms with Crippen LogP contribution in [0.3, 0.4) is 0 Å². The van der Waals surface area contributed by atoms with Crippen LogP contribution in [0.2, 0.25) is 0 Å². The molecule has 194 valence electrons. The highest BCUT2D eigenvalue weighted by atomic mass is 16.5. The Kier molecular flexibility index (Phi) is 8.18. The van der Waals surface area contributed by atoms with Crippen LogP contribution in [0.15, 0.2) is 66.7 Å². The Bertz CT molecular complexity index is 1230. The zero-order valence-electron chi connectivity index (χ0n) is 21.5. The molecule has 0 spiro atoms. The predicted octanol–water partition coefficient (Wildman–Crippen LogP) is 5.23. The lowest BCUT2D eigenvalue weighted by Gasteiger charge is -2.41. The molecule has 37 heavy (non-hydrogen) atoms. The van der Waals surface area contributed by atoms with Gasteiger partial charge in [0.15, 0.2) is 11.5 Å². The molecule has 1 aliphatic heterocycles. The molecule has 8 heteroatoms. The average molecular weight is 505 g/mol. The first kappa shape index (κ1) is 25.9. The van der Waals surface area contributed by atoms with Gasteiger partial charge in [-0.25, -0.2) is 0 Å². The number of carbonyl (C=O) groups is 2. The number of piperidine rings is 1. The summed E-state index contributed by atoms with van der Waals surface area (Å²) in [5.41, 5.74) is 2.12. The van der Waals surface area contributed by atoms with Crippen LogP contribution < -0.4 is 29.2 Å². The standard InChI is InChI=1S/C29H32N2O6/c1-5-37-23-11-7-20(8-12-23)30-29(33)24-15-17-27(32)31(21-9-13-22(34-2)14-10-21)28(24)19-6-16-25(35-3)26(18-19)36-4/h6-14,16,18,24,28H,5,15,17H2,1-4H3,(H,30,33)/t24-,28+/m1/s1. The molecule has 0 unspecified atom stereocenters. The fourth-order valence-electron chi connectivity index (χ4n) is 4.67. The molecule has 0 saturated carbocycles. The second kappa shape index (κ2) is 11.7. The second-order valence-corrected chi connectivity index (χ2v) is 8.61. The van der Waals surface area contributed by atoms with Gasteiger partial charge in [-0.15, -0.1) is 0 Å². The topological polar surface area (TPSA) is 86.3 Å². The molecule has 0 radical (unpaired) electrons. The number of methoxy groups -OCH3 is 3. The molecule has 1 aliphatic rings. The van der Waals surface area contributed by atoms with Gasteiger partial charge in [0.1, 0.15) is 11.5 Å². The maximum absolute atomic E-state index is 13.7. The van der Waals surface area contributed by atoms with Gasteiger partial charge in [0.2, 0.25) is 11.8 Å². The van der Waals surface area contributed by atoms with Crippen LogP contribution in [0.4, 0.5) is 11.4 Å². The molecule has 1 fully saturated rings. The SMILES string of the molecule is CCOc1ccc(NC(=O)[C@@H]2CCC(=O)N(c3ccc(OC)cc3)[C@H]2c2ccc(OC)c(OC)c2)cc1. The smallest absolute Gasteiger partial charge is 0.229 e. The summed E-state index contributed by atoms with van der Waals surface area (Å²) in [7, 11) is 4.72. The molecule has 8 nitrogen and oxygen atoms in total. The van der Waals surface area contributed by atoms with Crippen molar-refractivity contribution in [1.29, 1.82) is 0 Å². The van der Waals surface area contributed by atoms with Crippen molar-refractivity contribution < 1.29 is 28.5 Å². The van der Waals surface area contributed by atoms with Crippen LogP contribution in [0.25, 0.3) is 0 Å². The third-order valence-electron chi connectivity index (χ3n) is 6.47. The fraction of sp³-hybridized carbons (Fsp3) is 0.310. The van der Waals surface area contributed by atoms with E-state index in [4.69, 9.17) is 18.9 Å². The highest BCUT2D eigenvalue weighted by Crippen LogP contribution is 2.43. The van der Waals surface area contributed by atoms with Gasteiger partial charge < -0.3 is 29.2 Å². The van der Waals surface area contributed by atoms with E-state index in [9.17, 15) is 9.59 Å². The summed E-state index contributed by atoms with van der Waals surface area (Å²) < 4.78 is 21.7. The highest BCUT2D eigenvalue weighted by molar-refractivity contribution is 6.00. The Hall–Kier alpha value is -4.20. The minimum atomic E-state index is -0.558. The first-order chi connectivity index (χ1) is 18.0. The Morgan fingerprint density at radius 3 is 2.19 bits per heavy atom. The van der Waals surface area contributed by atoms with Gasteiger partial charge in [0.25, 0.3) is 0 Å². The summed E-state index contributed by atoms with van der Waals surface area (Å²) in [5, 5.41) is 3.03. The van der Waals surface area contributed by atoms with E-state index < -0.39 is 12.0 Å².